The summed E-state index contributed by atoms with van der Waals surface area (Å²) in [7, 11) is 1.59. The number of nitrogens with zero attached hydrogens (tertiary/aromatic N) is 1. The number of hydrogen-bond acceptors (Lipinski definition) is 5. The molecule has 26 heavy (non-hydrogen) atoms. The molecule has 6 nitrogen and oxygen atoms in total. The highest BCUT2D eigenvalue weighted by atomic mass is 16.5. The van der Waals surface area contributed by atoms with Crippen LogP contribution in [0.4, 0.5) is 0 Å². The summed E-state index contributed by atoms with van der Waals surface area (Å²) in [6.45, 7) is 4.99. The minimum absolute atomic E-state index is 0.334. The Balaban J connectivity index is 2.08. The molecule has 6 heteroatoms. The Hall–Kier alpha value is -3.02. The van der Waals surface area contributed by atoms with Gasteiger partial charge in [0.2, 0.25) is 0 Å². The van der Waals surface area contributed by atoms with Crippen LogP contribution in [0.15, 0.2) is 47.6 Å². The Bertz CT molecular complexity index is 759. The maximum Gasteiger partial charge on any atom is 0.271 e. The van der Waals surface area contributed by atoms with Crippen LogP contribution in [0.1, 0.15) is 36.2 Å². The van der Waals surface area contributed by atoms with E-state index in [2.05, 4.69) is 10.5 Å². The third kappa shape index (κ3) is 5.24. The first-order valence-corrected chi connectivity index (χ1v) is 8.55. The lowest BCUT2D eigenvalue weighted by atomic mass is 10.2. The van der Waals surface area contributed by atoms with Gasteiger partial charge in [-0.15, -0.1) is 0 Å². The monoisotopic (exact) mass is 356 g/mol. The van der Waals surface area contributed by atoms with Gasteiger partial charge in [-0.25, -0.2) is 5.43 Å². The molecule has 1 amide bonds. The van der Waals surface area contributed by atoms with Crippen molar-refractivity contribution in [2.24, 2.45) is 5.10 Å². The number of carbonyl (C=O) groups is 1. The third-order valence-electron chi connectivity index (χ3n) is 3.48. The van der Waals surface area contributed by atoms with Crippen LogP contribution in [0.2, 0.25) is 0 Å². The van der Waals surface area contributed by atoms with E-state index in [0.717, 1.165) is 12.0 Å². The van der Waals surface area contributed by atoms with E-state index < -0.39 is 0 Å². The molecule has 0 aliphatic heterocycles. The minimum Gasteiger partial charge on any atom is -0.496 e. The molecule has 1 N–H and O–H groups in total. The van der Waals surface area contributed by atoms with Crippen LogP contribution in [0, 0.1) is 0 Å². The zero-order valence-electron chi connectivity index (χ0n) is 15.3. The zero-order valence-corrected chi connectivity index (χ0v) is 15.3. The molecule has 138 valence electrons. The summed E-state index contributed by atoms with van der Waals surface area (Å²) in [5.41, 5.74) is 3.72. The molecule has 0 saturated carbocycles. The summed E-state index contributed by atoms with van der Waals surface area (Å²) < 4.78 is 16.4. The number of amides is 1. The van der Waals surface area contributed by atoms with Crippen LogP contribution in [-0.4, -0.2) is 32.4 Å². The average Bonchev–Trinajstić information content (AvgIpc) is 2.67. The Morgan fingerprint density at radius 2 is 1.88 bits per heavy atom. The second-order valence-electron chi connectivity index (χ2n) is 5.38. The highest BCUT2D eigenvalue weighted by Crippen LogP contribution is 2.28. The summed E-state index contributed by atoms with van der Waals surface area (Å²) in [5, 5.41) is 4.00. The fraction of sp³-hybridized carbons (Fsp3) is 0.300. The van der Waals surface area contributed by atoms with Gasteiger partial charge in [-0.3, -0.25) is 4.79 Å². The van der Waals surface area contributed by atoms with Gasteiger partial charge in [-0.2, -0.15) is 5.10 Å². The van der Waals surface area contributed by atoms with Crippen molar-refractivity contribution in [1.82, 2.24) is 5.43 Å². The third-order valence-corrected chi connectivity index (χ3v) is 3.48. The van der Waals surface area contributed by atoms with Crippen molar-refractivity contribution >= 4 is 12.1 Å². The van der Waals surface area contributed by atoms with Gasteiger partial charge in [0.15, 0.2) is 11.5 Å². The van der Waals surface area contributed by atoms with Crippen molar-refractivity contribution in [2.45, 2.75) is 20.3 Å². The van der Waals surface area contributed by atoms with E-state index in [9.17, 15) is 4.79 Å². The molecule has 0 aliphatic carbocycles. The Kier molecular flexibility index (Phi) is 7.49. The number of hydrogen-bond donors (Lipinski definition) is 1. The van der Waals surface area contributed by atoms with Crippen LogP contribution in [0.25, 0.3) is 0 Å². The van der Waals surface area contributed by atoms with Gasteiger partial charge in [0.1, 0.15) is 5.75 Å². The first-order valence-electron chi connectivity index (χ1n) is 8.55. The predicted molar refractivity (Wildman–Crippen MR) is 101 cm³/mol. The molecule has 0 bridgehead atoms. The molecular formula is C20H24N2O4. The lowest BCUT2D eigenvalue weighted by Gasteiger charge is -2.12. The van der Waals surface area contributed by atoms with Gasteiger partial charge in [0.05, 0.1) is 26.5 Å². The summed E-state index contributed by atoms with van der Waals surface area (Å²) in [6, 6.07) is 12.5. The van der Waals surface area contributed by atoms with Crippen LogP contribution >= 0.6 is 0 Å². The Labute approximate surface area is 153 Å². The van der Waals surface area contributed by atoms with Crippen LogP contribution in [0.5, 0.6) is 17.2 Å². The van der Waals surface area contributed by atoms with E-state index in [4.69, 9.17) is 14.2 Å². The average molecular weight is 356 g/mol. The molecule has 0 fully saturated rings. The molecule has 2 aromatic carbocycles. The number of methoxy groups -OCH3 is 1. The smallest absolute Gasteiger partial charge is 0.271 e. The summed E-state index contributed by atoms with van der Waals surface area (Å²) in [4.78, 5) is 12.3. The van der Waals surface area contributed by atoms with Crippen molar-refractivity contribution in [1.29, 1.82) is 0 Å². The van der Waals surface area contributed by atoms with E-state index in [1.807, 2.05) is 38.1 Å². The number of rotatable bonds is 9. The van der Waals surface area contributed by atoms with Gasteiger partial charge < -0.3 is 14.2 Å². The first-order chi connectivity index (χ1) is 12.7. The molecule has 0 aromatic heterocycles. The van der Waals surface area contributed by atoms with Gasteiger partial charge >= 0.3 is 0 Å². The van der Waals surface area contributed by atoms with E-state index >= 15 is 0 Å². The van der Waals surface area contributed by atoms with Crippen molar-refractivity contribution in [3.8, 4) is 17.2 Å². The number of carbonyl (C=O) groups excluding carboxylic acids is 1. The van der Waals surface area contributed by atoms with E-state index in [1.165, 1.54) is 0 Å². The topological polar surface area (TPSA) is 69.2 Å². The van der Waals surface area contributed by atoms with Crippen LogP contribution in [0.3, 0.4) is 0 Å². The highest BCUT2D eigenvalue weighted by molar-refractivity contribution is 5.95. The highest BCUT2D eigenvalue weighted by Gasteiger charge is 2.11. The number of nitrogens with one attached hydrogen (secondary N) is 1. The van der Waals surface area contributed by atoms with Gasteiger partial charge in [0.25, 0.3) is 5.91 Å². The van der Waals surface area contributed by atoms with Crippen molar-refractivity contribution in [3.05, 3.63) is 53.6 Å². The number of benzene rings is 2. The summed E-state index contributed by atoms with van der Waals surface area (Å²) in [5.74, 6) is 1.52. The van der Waals surface area contributed by atoms with Crippen molar-refractivity contribution in [3.63, 3.8) is 0 Å². The second-order valence-corrected chi connectivity index (χ2v) is 5.38. The molecule has 0 radical (unpaired) electrons. The number of ether oxygens (including phenoxy) is 3. The molecule has 0 aliphatic rings. The number of hydrazone groups is 1. The standard InChI is InChI=1S/C20H24N2O4/c1-4-12-26-18-11-10-15(13-19(18)25-5-2)20(23)22-21-14-16-8-6-7-9-17(16)24-3/h6-11,13-14H,4-5,12H2,1-3H3,(H,22,23)/b21-14+. The molecule has 0 spiro atoms. The van der Waals surface area contributed by atoms with Gasteiger partial charge in [-0.05, 0) is 43.7 Å². The molecule has 0 atom stereocenters. The molecule has 2 aromatic rings. The maximum atomic E-state index is 12.3. The lowest BCUT2D eigenvalue weighted by Crippen LogP contribution is -2.18. The Morgan fingerprint density at radius 3 is 2.62 bits per heavy atom. The quantitative estimate of drug-likeness (QED) is 0.550. The fourth-order valence-corrected chi connectivity index (χ4v) is 2.25. The molecule has 2 rings (SSSR count). The first kappa shape index (κ1) is 19.3. The summed E-state index contributed by atoms with van der Waals surface area (Å²) >= 11 is 0. The van der Waals surface area contributed by atoms with Crippen LogP contribution < -0.4 is 19.6 Å². The van der Waals surface area contributed by atoms with Gasteiger partial charge in [-0.1, -0.05) is 19.1 Å². The molecule has 0 unspecified atom stereocenters. The lowest BCUT2D eigenvalue weighted by molar-refractivity contribution is 0.0954. The maximum absolute atomic E-state index is 12.3. The number of para-hydroxylation sites is 1. The van der Waals surface area contributed by atoms with Crippen molar-refractivity contribution < 1.29 is 19.0 Å². The van der Waals surface area contributed by atoms with Gasteiger partial charge in [0, 0.05) is 11.1 Å². The normalized spacial score (nSPS) is 10.6. The SMILES string of the molecule is CCCOc1ccc(C(=O)N/N=C/c2ccccc2OC)cc1OCC. The molecular weight excluding hydrogens is 332 g/mol. The van der Waals surface area contributed by atoms with Crippen LogP contribution in [-0.2, 0) is 0 Å². The summed E-state index contributed by atoms with van der Waals surface area (Å²) in [6.07, 6.45) is 2.43. The minimum atomic E-state index is -0.334. The van der Waals surface area contributed by atoms with E-state index in [1.54, 1.807) is 31.5 Å². The molecule has 0 saturated heterocycles. The molecule has 0 heterocycles. The van der Waals surface area contributed by atoms with Crippen molar-refractivity contribution in [2.75, 3.05) is 20.3 Å². The predicted octanol–water partition coefficient (Wildman–Crippen LogP) is 3.65. The second kappa shape index (κ2) is 10.1. The fourth-order valence-electron chi connectivity index (χ4n) is 2.25. The van der Waals surface area contributed by atoms with E-state index in [0.29, 0.717) is 36.0 Å². The van der Waals surface area contributed by atoms with E-state index in [-0.39, 0.29) is 5.91 Å². The largest absolute Gasteiger partial charge is 0.496 e. The zero-order chi connectivity index (χ0) is 18.8. The Morgan fingerprint density at radius 1 is 1.08 bits per heavy atom.